The average molecular weight is 538 g/mol. The van der Waals surface area contributed by atoms with Crippen molar-refractivity contribution in [3.05, 3.63) is 63.9 Å². The van der Waals surface area contributed by atoms with Gasteiger partial charge in [0.05, 0.1) is 13.2 Å². The molecule has 9 heteroatoms. The van der Waals surface area contributed by atoms with Gasteiger partial charge in [0.1, 0.15) is 18.1 Å². The number of ether oxygens (including phenoxy) is 1. The van der Waals surface area contributed by atoms with Crippen molar-refractivity contribution >= 4 is 41.3 Å². The topological polar surface area (TPSA) is 76.4 Å². The van der Waals surface area contributed by atoms with Gasteiger partial charge in [0.25, 0.3) is 0 Å². The Morgan fingerprint density at radius 3 is 2.87 bits per heavy atom. The van der Waals surface area contributed by atoms with E-state index in [4.69, 9.17) is 9.73 Å². The Balaban J connectivity index is 0.00000256. The Bertz CT molecular complexity index is 987. The molecule has 3 heterocycles. The molecule has 1 aliphatic rings. The highest BCUT2D eigenvalue weighted by Gasteiger charge is 2.29. The molecule has 30 heavy (non-hydrogen) atoms. The van der Waals surface area contributed by atoms with Crippen molar-refractivity contribution in [3.8, 4) is 5.75 Å². The van der Waals surface area contributed by atoms with Crippen LogP contribution in [0.5, 0.6) is 5.75 Å². The third-order valence-electron chi connectivity index (χ3n) is 5.28. The van der Waals surface area contributed by atoms with E-state index in [1.165, 1.54) is 10.4 Å². The molecule has 4 rings (SSSR count). The maximum Gasteiger partial charge on any atom is 0.192 e. The van der Waals surface area contributed by atoms with Gasteiger partial charge >= 0.3 is 0 Å². The number of nitrogens with one attached hydrogen (secondary N) is 2. The molecule has 0 saturated heterocycles. The van der Waals surface area contributed by atoms with Gasteiger partial charge in [-0.05, 0) is 31.4 Å². The summed E-state index contributed by atoms with van der Waals surface area (Å²) in [6, 6.07) is 12.6. The first kappa shape index (κ1) is 22.5. The van der Waals surface area contributed by atoms with Gasteiger partial charge in [0, 0.05) is 29.4 Å². The van der Waals surface area contributed by atoms with Crippen LogP contribution in [0.1, 0.15) is 34.9 Å². The first-order valence-electron chi connectivity index (χ1n) is 9.75. The van der Waals surface area contributed by atoms with Crippen molar-refractivity contribution in [1.82, 2.24) is 25.4 Å². The van der Waals surface area contributed by atoms with Crippen molar-refractivity contribution in [2.24, 2.45) is 12.0 Å². The minimum absolute atomic E-state index is 0. The molecule has 0 saturated carbocycles. The summed E-state index contributed by atoms with van der Waals surface area (Å²) in [5.41, 5.74) is 1.24. The Labute approximate surface area is 198 Å². The zero-order valence-corrected chi connectivity index (χ0v) is 20.5. The summed E-state index contributed by atoms with van der Waals surface area (Å²) in [5.74, 6) is 3.73. The number of aryl methyl sites for hydroxylation is 1. The van der Waals surface area contributed by atoms with E-state index in [0.29, 0.717) is 13.2 Å². The molecule has 0 amide bonds. The van der Waals surface area contributed by atoms with Gasteiger partial charge in [-0.25, -0.2) is 4.99 Å². The summed E-state index contributed by atoms with van der Waals surface area (Å²) in [7, 11) is 1.96. The van der Waals surface area contributed by atoms with Crippen molar-refractivity contribution in [2.45, 2.75) is 38.9 Å². The van der Waals surface area contributed by atoms with Crippen LogP contribution in [0.15, 0.2) is 46.8 Å². The van der Waals surface area contributed by atoms with Crippen LogP contribution in [0.2, 0.25) is 0 Å². The standard InChI is InChI=1S/C21H26N6OS.HI/c1-14(18-13-28-19-9-5-4-8-17(18)19)24-21(22-11-16-7-6-10-29-16)23-12-20-26-25-15(2)27(20)3;/h4-10,14,18H,11-13H2,1-3H3,(H2,22,23,24);1H. The third kappa shape index (κ3) is 5.12. The van der Waals surface area contributed by atoms with Crippen LogP contribution in [0.25, 0.3) is 0 Å². The lowest BCUT2D eigenvalue weighted by atomic mass is 9.94. The summed E-state index contributed by atoms with van der Waals surface area (Å²) in [5, 5.41) is 17.4. The molecule has 2 N–H and O–H groups in total. The van der Waals surface area contributed by atoms with Gasteiger partial charge in [-0.3, -0.25) is 0 Å². The maximum absolute atomic E-state index is 5.86. The maximum atomic E-state index is 5.86. The first-order chi connectivity index (χ1) is 14.1. The van der Waals surface area contributed by atoms with E-state index in [0.717, 1.165) is 29.9 Å². The molecule has 2 unspecified atom stereocenters. The van der Waals surface area contributed by atoms with Crippen molar-refractivity contribution in [2.75, 3.05) is 6.61 Å². The highest BCUT2D eigenvalue weighted by molar-refractivity contribution is 14.0. The number of benzene rings is 1. The van der Waals surface area contributed by atoms with Gasteiger partial charge in [-0.1, -0.05) is 24.3 Å². The molecule has 0 aliphatic carbocycles. The summed E-state index contributed by atoms with van der Waals surface area (Å²) >= 11 is 1.73. The molecular weight excluding hydrogens is 511 g/mol. The van der Waals surface area contributed by atoms with E-state index in [9.17, 15) is 0 Å². The number of fused-ring (bicyclic) bond motifs is 1. The lowest BCUT2D eigenvalue weighted by Crippen LogP contribution is -2.44. The highest BCUT2D eigenvalue weighted by Crippen LogP contribution is 2.35. The van der Waals surface area contributed by atoms with Gasteiger partial charge in [-0.2, -0.15) is 0 Å². The second-order valence-corrected chi connectivity index (χ2v) is 8.24. The fraction of sp³-hybridized carbons (Fsp3) is 0.381. The molecule has 160 valence electrons. The van der Waals surface area contributed by atoms with Crippen molar-refractivity contribution in [1.29, 1.82) is 0 Å². The Morgan fingerprint density at radius 2 is 2.13 bits per heavy atom. The fourth-order valence-electron chi connectivity index (χ4n) is 3.39. The molecule has 0 spiro atoms. The van der Waals surface area contributed by atoms with Crippen LogP contribution in [0.4, 0.5) is 0 Å². The number of hydrogen-bond donors (Lipinski definition) is 2. The molecule has 7 nitrogen and oxygen atoms in total. The zero-order valence-electron chi connectivity index (χ0n) is 17.3. The number of aliphatic imine (C=N–C) groups is 1. The lowest BCUT2D eigenvalue weighted by Gasteiger charge is -2.22. The van der Waals surface area contributed by atoms with E-state index in [-0.39, 0.29) is 35.9 Å². The Kier molecular flexibility index (Phi) is 7.70. The zero-order chi connectivity index (χ0) is 20.2. The molecule has 2 aromatic heterocycles. The molecular formula is C21H27IN6OS. The smallest absolute Gasteiger partial charge is 0.192 e. The summed E-state index contributed by atoms with van der Waals surface area (Å²) < 4.78 is 7.82. The molecule has 1 aliphatic heterocycles. The molecule has 2 atom stereocenters. The number of thiophene rings is 1. The van der Waals surface area contributed by atoms with Crippen LogP contribution < -0.4 is 15.4 Å². The van der Waals surface area contributed by atoms with Gasteiger partial charge < -0.3 is 19.9 Å². The number of para-hydroxylation sites is 1. The second-order valence-electron chi connectivity index (χ2n) is 7.21. The Hall–Kier alpha value is -2.14. The fourth-order valence-corrected chi connectivity index (χ4v) is 4.04. The van der Waals surface area contributed by atoms with Crippen molar-refractivity contribution < 1.29 is 4.74 Å². The molecule has 0 radical (unpaired) electrons. The quantitative estimate of drug-likeness (QED) is 0.285. The van der Waals surface area contributed by atoms with Crippen LogP contribution in [-0.2, 0) is 20.1 Å². The SMILES string of the molecule is Cc1nnc(CN=C(NCc2cccs2)NC(C)C2COc3ccccc32)n1C.I. The van der Waals surface area contributed by atoms with Crippen molar-refractivity contribution in [3.63, 3.8) is 0 Å². The molecule has 1 aromatic carbocycles. The number of hydrogen-bond acceptors (Lipinski definition) is 5. The molecule has 0 fully saturated rings. The van der Waals surface area contributed by atoms with Gasteiger partial charge in [-0.15, -0.1) is 45.5 Å². The van der Waals surface area contributed by atoms with E-state index in [1.807, 2.05) is 30.7 Å². The van der Waals surface area contributed by atoms with Crippen LogP contribution in [0.3, 0.4) is 0 Å². The minimum atomic E-state index is 0. The predicted octanol–water partition coefficient (Wildman–Crippen LogP) is 3.60. The summed E-state index contributed by atoms with van der Waals surface area (Å²) in [4.78, 5) is 6.03. The van der Waals surface area contributed by atoms with E-state index in [1.54, 1.807) is 11.3 Å². The lowest BCUT2D eigenvalue weighted by molar-refractivity contribution is 0.312. The average Bonchev–Trinajstić information content (AvgIpc) is 3.46. The largest absolute Gasteiger partial charge is 0.493 e. The van der Waals surface area contributed by atoms with Crippen LogP contribution >= 0.6 is 35.3 Å². The van der Waals surface area contributed by atoms with E-state index in [2.05, 4.69) is 57.4 Å². The van der Waals surface area contributed by atoms with E-state index < -0.39 is 0 Å². The number of nitrogens with zero attached hydrogens (tertiary/aromatic N) is 4. The van der Waals surface area contributed by atoms with Gasteiger partial charge in [0.2, 0.25) is 0 Å². The summed E-state index contributed by atoms with van der Waals surface area (Å²) in [6.45, 7) is 5.97. The first-order valence-corrected chi connectivity index (χ1v) is 10.6. The second kappa shape index (κ2) is 10.3. The predicted molar refractivity (Wildman–Crippen MR) is 131 cm³/mol. The summed E-state index contributed by atoms with van der Waals surface area (Å²) in [6.07, 6.45) is 0. The highest BCUT2D eigenvalue weighted by atomic mass is 127. The molecule has 3 aromatic rings. The third-order valence-corrected chi connectivity index (χ3v) is 6.15. The number of aromatic nitrogens is 3. The molecule has 0 bridgehead atoms. The monoisotopic (exact) mass is 538 g/mol. The van der Waals surface area contributed by atoms with Crippen LogP contribution in [0, 0.1) is 6.92 Å². The van der Waals surface area contributed by atoms with Gasteiger partial charge in [0.15, 0.2) is 11.8 Å². The number of guanidine groups is 1. The Morgan fingerprint density at radius 1 is 1.30 bits per heavy atom. The number of halogens is 1. The van der Waals surface area contributed by atoms with Crippen LogP contribution in [-0.4, -0.2) is 33.4 Å². The normalized spacial score (nSPS) is 16.4. The van der Waals surface area contributed by atoms with E-state index >= 15 is 0 Å². The number of rotatable bonds is 6. The minimum Gasteiger partial charge on any atom is -0.493 e.